The first-order valence-corrected chi connectivity index (χ1v) is 9.81. The fourth-order valence-electron chi connectivity index (χ4n) is 3.31. The Kier molecular flexibility index (Phi) is 5.33. The molecule has 0 bridgehead atoms. The summed E-state index contributed by atoms with van der Waals surface area (Å²) in [6, 6.07) is 16.8. The molecule has 0 spiro atoms. The van der Waals surface area contributed by atoms with E-state index in [2.05, 4.69) is 15.4 Å². The summed E-state index contributed by atoms with van der Waals surface area (Å²) in [5.41, 5.74) is 3.92. The number of hydrogen-bond acceptors (Lipinski definition) is 4. The van der Waals surface area contributed by atoms with Gasteiger partial charge in [-0.15, -0.1) is 0 Å². The smallest absolute Gasteiger partial charge is 0.258 e. The van der Waals surface area contributed by atoms with Crippen LogP contribution in [0.3, 0.4) is 0 Å². The molecule has 2 heterocycles. The minimum Gasteiger partial charge on any atom is -0.322 e. The standard InChI is InChI=1S/C23H19ClN4O2/c1-14(29)12-16-8-10-17(11-9-16)26-23(30)19-13-25-22-20(21(19)24)15(2)27-28(22)18-6-4-3-5-7-18/h3-11,13H,12H2,1-2H3,(H,26,30). The first-order valence-electron chi connectivity index (χ1n) is 9.43. The normalized spacial score (nSPS) is 10.9. The zero-order valence-corrected chi connectivity index (χ0v) is 17.3. The number of amides is 1. The average molecular weight is 419 g/mol. The van der Waals surface area contributed by atoms with Gasteiger partial charge < -0.3 is 5.32 Å². The molecule has 2 aromatic carbocycles. The average Bonchev–Trinajstić information content (AvgIpc) is 3.07. The molecule has 4 rings (SSSR count). The molecule has 0 fully saturated rings. The Morgan fingerprint density at radius 3 is 2.43 bits per heavy atom. The van der Waals surface area contributed by atoms with Gasteiger partial charge >= 0.3 is 0 Å². The van der Waals surface area contributed by atoms with E-state index in [1.54, 1.807) is 23.7 Å². The van der Waals surface area contributed by atoms with Crippen molar-refractivity contribution in [1.29, 1.82) is 0 Å². The molecule has 150 valence electrons. The van der Waals surface area contributed by atoms with E-state index < -0.39 is 0 Å². The van der Waals surface area contributed by atoms with Crippen LogP contribution in [0.1, 0.15) is 28.5 Å². The van der Waals surface area contributed by atoms with Crippen LogP contribution in [0.2, 0.25) is 5.02 Å². The summed E-state index contributed by atoms with van der Waals surface area (Å²) < 4.78 is 1.71. The number of pyridine rings is 1. The molecule has 2 aromatic heterocycles. The van der Waals surface area contributed by atoms with Gasteiger partial charge in [0.05, 0.1) is 27.4 Å². The highest BCUT2D eigenvalue weighted by atomic mass is 35.5. The number of benzene rings is 2. The van der Waals surface area contributed by atoms with Crippen molar-refractivity contribution < 1.29 is 9.59 Å². The number of anilines is 1. The van der Waals surface area contributed by atoms with E-state index in [-0.39, 0.29) is 17.3 Å². The Morgan fingerprint density at radius 1 is 1.07 bits per heavy atom. The fourth-order valence-corrected chi connectivity index (χ4v) is 3.66. The Bertz CT molecular complexity index is 1250. The molecule has 0 aliphatic heterocycles. The number of aryl methyl sites for hydroxylation is 1. The molecular formula is C23H19ClN4O2. The lowest BCUT2D eigenvalue weighted by Crippen LogP contribution is -2.13. The second kappa shape index (κ2) is 8.08. The zero-order valence-electron chi connectivity index (χ0n) is 16.5. The van der Waals surface area contributed by atoms with Crippen LogP contribution in [0.15, 0.2) is 60.8 Å². The summed E-state index contributed by atoms with van der Waals surface area (Å²) >= 11 is 6.60. The number of nitrogens with one attached hydrogen (secondary N) is 1. The Morgan fingerprint density at radius 2 is 1.77 bits per heavy atom. The molecule has 0 aliphatic carbocycles. The number of hydrogen-bond donors (Lipinski definition) is 1. The summed E-state index contributed by atoms with van der Waals surface area (Å²) in [5, 5.41) is 8.33. The van der Waals surface area contributed by atoms with E-state index in [0.717, 1.165) is 11.3 Å². The van der Waals surface area contributed by atoms with Crippen LogP contribution in [-0.2, 0) is 11.2 Å². The number of nitrogens with zero attached hydrogens (tertiary/aromatic N) is 3. The van der Waals surface area contributed by atoms with Crippen molar-refractivity contribution in [3.63, 3.8) is 0 Å². The predicted molar refractivity (Wildman–Crippen MR) is 117 cm³/mol. The van der Waals surface area contributed by atoms with Crippen molar-refractivity contribution in [1.82, 2.24) is 14.8 Å². The van der Waals surface area contributed by atoms with Gasteiger partial charge in [-0.25, -0.2) is 9.67 Å². The van der Waals surface area contributed by atoms with Crippen LogP contribution in [-0.4, -0.2) is 26.5 Å². The second-order valence-electron chi connectivity index (χ2n) is 7.05. The van der Waals surface area contributed by atoms with Crippen LogP contribution < -0.4 is 5.32 Å². The minimum absolute atomic E-state index is 0.0874. The molecule has 1 N–H and O–H groups in total. The summed E-state index contributed by atoms with van der Waals surface area (Å²) in [5.74, 6) is -0.273. The van der Waals surface area contributed by atoms with Gasteiger partial charge in [0.15, 0.2) is 5.65 Å². The highest BCUT2D eigenvalue weighted by molar-refractivity contribution is 6.39. The van der Waals surface area contributed by atoms with Crippen LogP contribution >= 0.6 is 11.6 Å². The fraction of sp³-hybridized carbons (Fsp3) is 0.130. The van der Waals surface area contributed by atoms with Crippen molar-refractivity contribution in [3.8, 4) is 5.69 Å². The monoisotopic (exact) mass is 418 g/mol. The number of ketones is 1. The number of para-hydroxylation sites is 1. The highest BCUT2D eigenvalue weighted by Crippen LogP contribution is 2.30. The van der Waals surface area contributed by atoms with Crippen molar-refractivity contribution in [2.75, 3.05) is 5.32 Å². The quantitative estimate of drug-likeness (QED) is 0.506. The lowest BCUT2D eigenvalue weighted by atomic mass is 10.1. The number of carbonyl (C=O) groups is 2. The summed E-state index contributed by atoms with van der Waals surface area (Å²) in [6.07, 6.45) is 1.83. The topological polar surface area (TPSA) is 76.9 Å². The predicted octanol–water partition coefficient (Wildman–Crippen LogP) is 4.77. The molecule has 6 nitrogen and oxygen atoms in total. The van der Waals surface area contributed by atoms with Gasteiger partial charge in [-0.1, -0.05) is 41.9 Å². The number of rotatable bonds is 5. The molecule has 0 saturated heterocycles. The van der Waals surface area contributed by atoms with Crippen LogP contribution in [0.5, 0.6) is 0 Å². The largest absolute Gasteiger partial charge is 0.322 e. The van der Waals surface area contributed by atoms with E-state index in [9.17, 15) is 9.59 Å². The van der Waals surface area contributed by atoms with E-state index in [1.807, 2.05) is 49.4 Å². The summed E-state index contributed by atoms with van der Waals surface area (Å²) in [4.78, 5) is 28.5. The molecule has 0 aliphatic rings. The van der Waals surface area contributed by atoms with Gasteiger partial charge in [0.2, 0.25) is 0 Å². The Balaban J connectivity index is 1.65. The maximum Gasteiger partial charge on any atom is 0.258 e. The zero-order chi connectivity index (χ0) is 21.3. The van der Waals surface area contributed by atoms with Crippen molar-refractivity contribution in [3.05, 3.63) is 82.6 Å². The van der Waals surface area contributed by atoms with Gasteiger partial charge in [-0.05, 0) is 43.7 Å². The van der Waals surface area contributed by atoms with Gasteiger partial charge in [-0.3, -0.25) is 9.59 Å². The maximum absolute atomic E-state index is 12.8. The van der Waals surface area contributed by atoms with E-state index in [1.165, 1.54) is 6.20 Å². The number of halogens is 1. The van der Waals surface area contributed by atoms with Crippen LogP contribution in [0.25, 0.3) is 16.7 Å². The van der Waals surface area contributed by atoms with Gasteiger partial charge in [0.1, 0.15) is 5.78 Å². The van der Waals surface area contributed by atoms with Gasteiger partial charge in [0.25, 0.3) is 5.91 Å². The molecule has 0 unspecified atom stereocenters. The first-order chi connectivity index (χ1) is 14.4. The lowest BCUT2D eigenvalue weighted by molar-refractivity contribution is -0.116. The molecule has 0 atom stereocenters. The minimum atomic E-state index is -0.361. The van der Waals surface area contributed by atoms with E-state index >= 15 is 0 Å². The first kappa shape index (κ1) is 19.8. The Hall–Kier alpha value is -3.51. The van der Waals surface area contributed by atoms with E-state index in [0.29, 0.717) is 33.9 Å². The second-order valence-corrected chi connectivity index (χ2v) is 7.43. The van der Waals surface area contributed by atoms with Crippen molar-refractivity contribution in [2.45, 2.75) is 20.3 Å². The SMILES string of the molecule is CC(=O)Cc1ccc(NC(=O)c2cnc3c(c(C)nn3-c3ccccc3)c2Cl)cc1. The van der Waals surface area contributed by atoms with Crippen molar-refractivity contribution in [2.24, 2.45) is 0 Å². The van der Waals surface area contributed by atoms with Crippen LogP contribution in [0.4, 0.5) is 5.69 Å². The third-order valence-electron chi connectivity index (χ3n) is 4.72. The lowest BCUT2D eigenvalue weighted by Gasteiger charge is -2.09. The molecule has 1 amide bonds. The third-order valence-corrected chi connectivity index (χ3v) is 5.11. The number of aromatic nitrogens is 3. The third kappa shape index (κ3) is 3.82. The number of carbonyl (C=O) groups excluding carboxylic acids is 2. The number of Topliss-reactive ketones (excluding diaryl/α,β-unsaturated/α-hetero) is 1. The Labute approximate surface area is 178 Å². The summed E-state index contributed by atoms with van der Waals surface area (Å²) in [7, 11) is 0. The van der Waals surface area contributed by atoms with Gasteiger partial charge in [0, 0.05) is 18.3 Å². The van der Waals surface area contributed by atoms with Crippen molar-refractivity contribution >= 4 is 40.0 Å². The molecule has 30 heavy (non-hydrogen) atoms. The van der Waals surface area contributed by atoms with Gasteiger partial charge in [-0.2, -0.15) is 5.10 Å². The number of fused-ring (bicyclic) bond motifs is 1. The highest BCUT2D eigenvalue weighted by Gasteiger charge is 2.20. The maximum atomic E-state index is 12.8. The molecule has 7 heteroatoms. The molecule has 0 saturated carbocycles. The summed E-state index contributed by atoms with van der Waals surface area (Å²) in [6.45, 7) is 3.38. The van der Waals surface area contributed by atoms with E-state index in [4.69, 9.17) is 11.6 Å². The molecular weight excluding hydrogens is 400 g/mol. The molecule has 4 aromatic rings. The van der Waals surface area contributed by atoms with Crippen LogP contribution in [0, 0.1) is 6.92 Å². The molecule has 0 radical (unpaired) electrons.